The lowest BCUT2D eigenvalue weighted by atomic mass is 10.1. The highest BCUT2D eigenvalue weighted by atomic mass is 32.1. The lowest BCUT2D eigenvalue weighted by molar-refractivity contribution is -0.144. The van der Waals surface area contributed by atoms with Gasteiger partial charge in [0.05, 0.1) is 24.8 Å². The zero-order chi connectivity index (χ0) is 19.9. The lowest BCUT2D eigenvalue weighted by Gasteiger charge is -2.06. The number of carbonyl (C=O) groups excluding carboxylic acids is 1. The maximum atomic E-state index is 12.1. The summed E-state index contributed by atoms with van der Waals surface area (Å²) in [5.41, 5.74) is 2.15. The molecule has 0 bridgehead atoms. The van der Waals surface area contributed by atoms with E-state index in [1.165, 1.54) is 23.5 Å². The van der Waals surface area contributed by atoms with Gasteiger partial charge in [-0.15, -0.1) is 11.3 Å². The maximum Gasteiger partial charge on any atom is 0.387 e. The number of hydrogen-bond donors (Lipinski definition) is 0. The first kappa shape index (κ1) is 19.8. The number of carbonyl (C=O) groups is 1. The highest BCUT2D eigenvalue weighted by Gasteiger charge is 2.12. The molecule has 0 unspecified atom stereocenters. The van der Waals surface area contributed by atoms with Crippen LogP contribution in [0.2, 0.25) is 0 Å². The molecule has 0 radical (unpaired) electrons. The quantitative estimate of drug-likeness (QED) is 0.508. The fourth-order valence-corrected chi connectivity index (χ4v) is 3.31. The van der Waals surface area contributed by atoms with Crippen LogP contribution < -0.4 is 9.47 Å². The Bertz CT molecular complexity index is 928. The molecule has 3 aromatic rings. The Kier molecular flexibility index (Phi) is 6.54. The molecule has 0 saturated carbocycles. The van der Waals surface area contributed by atoms with E-state index in [-0.39, 0.29) is 18.8 Å². The summed E-state index contributed by atoms with van der Waals surface area (Å²) >= 11 is 1.44. The van der Waals surface area contributed by atoms with Crippen LogP contribution in [0.15, 0.2) is 53.9 Å². The van der Waals surface area contributed by atoms with Gasteiger partial charge >= 0.3 is 12.6 Å². The van der Waals surface area contributed by atoms with Crippen molar-refractivity contribution in [1.82, 2.24) is 4.98 Å². The van der Waals surface area contributed by atoms with Crippen molar-refractivity contribution < 1.29 is 27.8 Å². The van der Waals surface area contributed by atoms with Gasteiger partial charge in [-0.05, 0) is 29.8 Å². The largest absolute Gasteiger partial charge is 0.496 e. The molecule has 3 rings (SSSR count). The third-order valence-electron chi connectivity index (χ3n) is 3.77. The van der Waals surface area contributed by atoms with Gasteiger partial charge < -0.3 is 14.2 Å². The first-order valence-corrected chi connectivity index (χ1v) is 9.20. The van der Waals surface area contributed by atoms with Crippen molar-refractivity contribution in [3.63, 3.8) is 0 Å². The van der Waals surface area contributed by atoms with Crippen LogP contribution in [0, 0.1) is 0 Å². The van der Waals surface area contributed by atoms with Crippen LogP contribution in [0.1, 0.15) is 11.3 Å². The maximum absolute atomic E-state index is 12.1. The monoisotopic (exact) mass is 405 g/mol. The summed E-state index contributed by atoms with van der Waals surface area (Å²) in [4.78, 5) is 16.5. The predicted molar refractivity (Wildman–Crippen MR) is 101 cm³/mol. The molecule has 0 aliphatic rings. The number of para-hydroxylation sites is 1. The summed E-state index contributed by atoms with van der Waals surface area (Å²) in [5, 5.41) is 2.60. The van der Waals surface area contributed by atoms with E-state index in [9.17, 15) is 13.6 Å². The number of hydrogen-bond acceptors (Lipinski definition) is 6. The molecular weight excluding hydrogens is 388 g/mol. The Labute approximate surface area is 164 Å². The number of halogens is 2. The molecule has 0 fully saturated rings. The van der Waals surface area contributed by atoms with E-state index in [0.717, 1.165) is 16.3 Å². The van der Waals surface area contributed by atoms with Crippen LogP contribution in [0.3, 0.4) is 0 Å². The molecular formula is C20H17F2NO4S. The minimum absolute atomic E-state index is 0.0263. The molecule has 28 heavy (non-hydrogen) atoms. The first-order valence-electron chi connectivity index (χ1n) is 8.32. The van der Waals surface area contributed by atoms with E-state index in [0.29, 0.717) is 11.3 Å². The fourth-order valence-electron chi connectivity index (χ4n) is 2.48. The Hall–Kier alpha value is -3.00. The number of methoxy groups -OCH3 is 1. The number of thiazole rings is 1. The van der Waals surface area contributed by atoms with Gasteiger partial charge in [-0.2, -0.15) is 8.78 Å². The summed E-state index contributed by atoms with van der Waals surface area (Å²) in [6.07, 6.45) is 0.0263. The standard InChI is InChI=1S/C20H17F2NO4S/c1-25-17-5-3-2-4-16(17)19-23-14(12-28-19)11-26-18(24)10-13-6-8-15(9-7-13)27-20(21)22/h2-9,12,20H,10-11H2,1H3. The van der Waals surface area contributed by atoms with E-state index in [1.807, 2.05) is 29.6 Å². The molecule has 5 nitrogen and oxygen atoms in total. The van der Waals surface area contributed by atoms with E-state index in [1.54, 1.807) is 19.2 Å². The van der Waals surface area contributed by atoms with Gasteiger partial charge in [0.15, 0.2) is 0 Å². The van der Waals surface area contributed by atoms with E-state index < -0.39 is 12.6 Å². The Balaban J connectivity index is 1.54. The lowest BCUT2D eigenvalue weighted by Crippen LogP contribution is -2.08. The number of alkyl halides is 2. The SMILES string of the molecule is COc1ccccc1-c1nc(COC(=O)Cc2ccc(OC(F)F)cc2)cs1. The highest BCUT2D eigenvalue weighted by molar-refractivity contribution is 7.13. The third-order valence-corrected chi connectivity index (χ3v) is 4.69. The normalized spacial score (nSPS) is 10.7. The van der Waals surface area contributed by atoms with Crippen molar-refractivity contribution in [3.8, 4) is 22.1 Å². The van der Waals surface area contributed by atoms with Gasteiger partial charge in [0.2, 0.25) is 0 Å². The molecule has 0 atom stereocenters. The summed E-state index contributed by atoms with van der Waals surface area (Å²) in [7, 11) is 1.60. The first-order chi connectivity index (χ1) is 13.5. The molecule has 1 aromatic heterocycles. The third kappa shape index (κ3) is 5.26. The topological polar surface area (TPSA) is 57.7 Å². The molecule has 0 aliphatic carbocycles. The molecule has 1 heterocycles. The highest BCUT2D eigenvalue weighted by Crippen LogP contribution is 2.32. The van der Waals surface area contributed by atoms with Crippen LogP contribution in [0.25, 0.3) is 10.6 Å². The Morgan fingerprint density at radius 3 is 2.61 bits per heavy atom. The Morgan fingerprint density at radius 2 is 1.89 bits per heavy atom. The number of rotatable bonds is 8. The van der Waals surface area contributed by atoms with E-state index in [2.05, 4.69) is 9.72 Å². The summed E-state index contributed by atoms with van der Waals surface area (Å²) in [6.45, 7) is -2.83. The zero-order valence-electron chi connectivity index (χ0n) is 14.9. The number of benzene rings is 2. The fraction of sp³-hybridized carbons (Fsp3) is 0.200. The second-order valence-corrected chi connectivity index (χ2v) is 6.56. The van der Waals surface area contributed by atoms with Crippen LogP contribution in [-0.2, 0) is 22.6 Å². The van der Waals surface area contributed by atoms with Gasteiger partial charge in [-0.25, -0.2) is 4.98 Å². The van der Waals surface area contributed by atoms with Crippen LogP contribution in [-0.4, -0.2) is 24.7 Å². The van der Waals surface area contributed by atoms with Gasteiger partial charge in [-0.3, -0.25) is 4.79 Å². The average Bonchev–Trinajstić information content (AvgIpc) is 3.16. The van der Waals surface area contributed by atoms with E-state index >= 15 is 0 Å². The molecule has 146 valence electrons. The van der Waals surface area contributed by atoms with Gasteiger partial charge in [0, 0.05) is 5.38 Å². The average molecular weight is 405 g/mol. The smallest absolute Gasteiger partial charge is 0.387 e. The molecule has 0 amide bonds. The molecule has 0 saturated heterocycles. The minimum Gasteiger partial charge on any atom is -0.496 e. The molecule has 8 heteroatoms. The van der Waals surface area contributed by atoms with Crippen LogP contribution >= 0.6 is 11.3 Å². The minimum atomic E-state index is -2.88. The van der Waals surface area contributed by atoms with Crippen LogP contribution in [0.5, 0.6) is 11.5 Å². The number of ether oxygens (including phenoxy) is 3. The molecule has 0 N–H and O–H groups in total. The predicted octanol–water partition coefficient (Wildman–Crippen LogP) is 4.71. The second-order valence-electron chi connectivity index (χ2n) is 5.70. The number of nitrogens with zero attached hydrogens (tertiary/aromatic N) is 1. The van der Waals surface area contributed by atoms with Gasteiger partial charge in [0.25, 0.3) is 0 Å². The summed E-state index contributed by atoms with van der Waals surface area (Å²) in [5.74, 6) is 0.326. The Morgan fingerprint density at radius 1 is 1.14 bits per heavy atom. The van der Waals surface area contributed by atoms with Crippen LogP contribution in [0.4, 0.5) is 8.78 Å². The number of esters is 1. The van der Waals surface area contributed by atoms with Crippen molar-refractivity contribution in [2.24, 2.45) is 0 Å². The van der Waals surface area contributed by atoms with Crippen molar-refractivity contribution >= 4 is 17.3 Å². The number of aromatic nitrogens is 1. The molecule has 2 aromatic carbocycles. The van der Waals surface area contributed by atoms with Gasteiger partial charge in [-0.1, -0.05) is 24.3 Å². The van der Waals surface area contributed by atoms with Crippen molar-refractivity contribution in [1.29, 1.82) is 0 Å². The van der Waals surface area contributed by atoms with Crippen molar-refractivity contribution in [2.75, 3.05) is 7.11 Å². The second kappa shape index (κ2) is 9.27. The van der Waals surface area contributed by atoms with Crippen molar-refractivity contribution in [3.05, 3.63) is 65.2 Å². The molecule has 0 aliphatic heterocycles. The summed E-state index contributed by atoms with van der Waals surface area (Å²) < 4.78 is 39.1. The molecule has 0 spiro atoms. The zero-order valence-corrected chi connectivity index (χ0v) is 15.7. The van der Waals surface area contributed by atoms with Crippen molar-refractivity contribution in [2.45, 2.75) is 19.6 Å². The van der Waals surface area contributed by atoms with Gasteiger partial charge in [0.1, 0.15) is 23.1 Å². The van der Waals surface area contributed by atoms with E-state index in [4.69, 9.17) is 9.47 Å². The summed E-state index contributed by atoms with van der Waals surface area (Å²) in [6, 6.07) is 13.4.